The summed E-state index contributed by atoms with van der Waals surface area (Å²) < 4.78 is 0. The average molecular weight is 337 g/mol. The molecule has 0 amide bonds. The van der Waals surface area contributed by atoms with Gasteiger partial charge < -0.3 is 0 Å². The van der Waals surface area contributed by atoms with Gasteiger partial charge in [0.25, 0.3) is 0 Å². The van der Waals surface area contributed by atoms with Crippen LogP contribution in [0.25, 0.3) is 0 Å². The number of aryl methyl sites for hydroxylation is 2. The molecule has 19 heavy (non-hydrogen) atoms. The maximum atomic E-state index is 3.83. The zero-order chi connectivity index (χ0) is 14.2. The van der Waals surface area contributed by atoms with Gasteiger partial charge in [-0.1, -0.05) is 61.0 Å². The van der Waals surface area contributed by atoms with Crippen molar-refractivity contribution in [3.63, 3.8) is 0 Å². The Morgan fingerprint density at radius 2 is 1.63 bits per heavy atom. The van der Waals surface area contributed by atoms with E-state index in [4.69, 9.17) is 0 Å². The molecule has 2 rings (SSSR count). The van der Waals surface area contributed by atoms with E-state index in [1.165, 1.54) is 26.4 Å². The lowest BCUT2D eigenvalue weighted by Gasteiger charge is -2.19. The maximum Gasteiger partial charge on any atom is 0.0738 e. The normalized spacial score (nSPS) is 13.6. The molecule has 1 aromatic carbocycles. The van der Waals surface area contributed by atoms with Crippen LogP contribution in [-0.2, 0) is 5.41 Å². The van der Waals surface area contributed by atoms with Gasteiger partial charge in [0.15, 0.2) is 0 Å². The first-order valence-electron chi connectivity index (χ1n) is 6.60. The molecule has 1 atom stereocenters. The first kappa shape index (κ1) is 14.8. The Kier molecular flexibility index (Phi) is 4.22. The Labute approximate surface area is 129 Å². The lowest BCUT2D eigenvalue weighted by molar-refractivity contribution is 0.590. The molecular formula is C17H21BrS. The number of alkyl halides is 1. The maximum absolute atomic E-state index is 3.83. The standard InChI is InChI=1S/C17H21BrS/c1-11-10-15(19-12(11)2)16(18)13-6-8-14(9-7-13)17(3,4)5/h6-10,16H,1-5H3. The Hall–Kier alpha value is -0.600. The molecule has 1 aromatic heterocycles. The minimum absolute atomic E-state index is 0.219. The van der Waals surface area contributed by atoms with Gasteiger partial charge in [-0.2, -0.15) is 0 Å². The molecule has 2 aromatic rings. The summed E-state index contributed by atoms with van der Waals surface area (Å²) in [6, 6.07) is 11.3. The molecule has 1 unspecified atom stereocenters. The van der Waals surface area contributed by atoms with E-state index in [9.17, 15) is 0 Å². The van der Waals surface area contributed by atoms with Gasteiger partial charge in [-0.05, 0) is 42.0 Å². The van der Waals surface area contributed by atoms with Crippen molar-refractivity contribution in [3.8, 4) is 0 Å². The average Bonchev–Trinajstić information content (AvgIpc) is 2.68. The van der Waals surface area contributed by atoms with Crippen LogP contribution in [0.3, 0.4) is 0 Å². The van der Waals surface area contributed by atoms with E-state index in [-0.39, 0.29) is 5.41 Å². The lowest BCUT2D eigenvalue weighted by Crippen LogP contribution is -2.10. The van der Waals surface area contributed by atoms with E-state index < -0.39 is 0 Å². The van der Waals surface area contributed by atoms with Crippen molar-refractivity contribution in [2.75, 3.05) is 0 Å². The first-order valence-corrected chi connectivity index (χ1v) is 8.33. The topological polar surface area (TPSA) is 0 Å². The minimum Gasteiger partial charge on any atom is -0.144 e. The fourth-order valence-corrected chi connectivity index (χ4v) is 3.81. The second-order valence-corrected chi connectivity index (χ2v) is 8.33. The van der Waals surface area contributed by atoms with Crippen molar-refractivity contribution >= 4 is 27.3 Å². The molecule has 0 N–H and O–H groups in total. The zero-order valence-corrected chi connectivity index (χ0v) is 14.7. The fourth-order valence-electron chi connectivity index (χ4n) is 2.04. The number of rotatable bonds is 2. The molecule has 1 heterocycles. The van der Waals surface area contributed by atoms with Crippen LogP contribution in [0.2, 0.25) is 0 Å². The molecule has 0 nitrogen and oxygen atoms in total. The van der Waals surface area contributed by atoms with Crippen molar-refractivity contribution < 1.29 is 0 Å². The van der Waals surface area contributed by atoms with Crippen LogP contribution in [0.5, 0.6) is 0 Å². The van der Waals surface area contributed by atoms with Crippen LogP contribution in [0.1, 0.15) is 52.0 Å². The third-order valence-electron chi connectivity index (χ3n) is 3.50. The SMILES string of the molecule is Cc1cc(C(Br)c2ccc(C(C)(C)C)cc2)sc1C. The molecule has 0 bridgehead atoms. The fraction of sp³-hybridized carbons (Fsp3) is 0.412. The third-order valence-corrected chi connectivity index (χ3v) is 6.05. The van der Waals surface area contributed by atoms with E-state index in [0.717, 1.165) is 0 Å². The Balaban J connectivity index is 2.27. The highest BCUT2D eigenvalue weighted by atomic mass is 79.9. The molecule has 0 saturated heterocycles. The molecule has 0 saturated carbocycles. The van der Waals surface area contributed by atoms with E-state index in [0.29, 0.717) is 4.83 Å². The van der Waals surface area contributed by atoms with Gasteiger partial charge in [0, 0.05) is 9.75 Å². The van der Waals surface area contributed by atoms with Gasteiger partial charge >= 0.3 is 0 Å². The van der Waals surface area contributed by atoms with E-state index >= 15 is 0 Å². The Morgan fingerprint density at radius 3 is 2.05 bits per heavy atom. The number of benzene rings is 1. The van der Waals surface area contributed by atoms with Crippen molar-refractivity contribution in [2.45, 2.75) is 44.9 Å². The minimum atomic E-state index is 0.219. The monoisotopic (exact) mass is 336 g/mol. The largest absolute Gasteiger partial charge is 0.144 e. The number of hydrogen-bond acceptors (Lipinski definition) is 1. The molecule has 0 aliphatic carbocycles. The molecule has 0 aliphatic rings. The van der Waals surface area contributed by atoms with Crippen molar-refractivity contribution in [3.05, 3.63) is 56.8 Å². The van der Waals surface area contributed by atoms with Crippen molar-refractivity contribution in [1.29, 1.82) is 0 Å². The number of hydrogen-bond donors (Lipinski definition) is 0. The van der Waals surface area contributed by atoms with Crippen LogP contribution in [0.15, 0.2) is 30.3 Å². The summed E-state index contributed by atoms with van der Waals surface area (Å²) >= 11 is 5.71. The van der Waals surface area contributed by atoms with Gasteiger partial charge in [0.2, 0.25) is 0 Å². The summed E-state index contributed by atoms with van der Waals surface area (Å²) in [5.74, 6) is 0. The highest BCUT2D eigenvalue weighted by Crippen LogP contribution is 2.37. The van der Waals surface area contributed by atoms with E-state index in [1.54, 1.807) is 0 Å². The van der Waals surface area contributed by atoms with Gasteiger partial charge in [0.05, 0.1) is 4.83 Å². The summed E-state index contributed by atoms with van der Waals surface area (Å²) in [5, 5.41) is 0. The molecule has 0 radical (unpaired) electrons. The van der Waals surface area contributed by atoms with Crippen molar-refractivity contribution in [2.24, 2.45) is 0 Å². The van der Waals surface area contributed by atoms with Crippen LogP contribution in [-0.4, -0.2) is 0 Å². The molecule has 0 aliphatic heterocycles. The molecular weight excluding hydrogens is 316 g/mol. The second-order valence-electron chi connectivity index (χ2n) is 6.12. The first-order chi connectivity index (χ1) is 8.79. The predicted molar refractivity (Wildman–Crippen MR) is 89.7 cm³/mol. The second kappa shape index (κ2) is 5.41. The predicted octanol–water partition coefficient (Wildman–Crippen LogP) is 6.15. The summed E-state index contributed by atoms with van der Waals surface area (Å²) in [6.45, 7) is 11.1. The van der Waals surface area contributed by atoms with Crippen LogP contribution >= 0.6 is 27.3 Å². The summed E-state index contributed by atoms with van der Waals surface area (Å²) in [5.41, 5.74) is 4.32. The van der Waals surface area contributed by atoms with Gasteiger partial charge in [-0.3, -0.25) is 0 Å². The van der Waals surface area contributed by atoms with Gasteiger partial charge in [0.1, 0.15) is 0 Å². The van der Waals surface area contributed by atoms with Crippen LogP contribution < -0.4 is 0 Å². The number of halogens is 1. The number of thiophene rings is 1. The zero-order valence-electron chi connectivity index (χ0n) is 12.3. The lowest BCUT2D eigenvalue weighted by atomic mass is 9.86. The Morgan fingerprint density at radius 1 is 1.05 bits per heavy atom. The van der Waals surface area contributed by atoms with Crippen LogP contribution in [0.4, 0.5) is 0 Å². The van der Waals surface area contributed by atoms with Gasteiger partial charge in [-0.25, -0.2) is 0 Å². The summed E-state index contributed by atoms with van der Waals surface area (Å²) in [7, 11) is 0. The molecule has 102 valence electrons. The molecule has 0 spiro atoms. The Bertz CT molecular complexity index is 538. The highest BCUT2D eigenvalue weighted by Gasteiger charge is 2.16. The summed E-state index contributed by atoms with van der Waals surface area (Å²) in [4.78, 5) is 3.10. The quantitative estimate of drug-likeness (QED) is 0.577. The van der Waals surface area contributed by atoms with Crippen LogP contribution in [0, 0.1) is 13.8 Å². The molecule has 2 heteroatoms. The van der Waals surface area contributed by atoms with Crippen molar-refractivity contribution in [1.82, 2.24) is 0 Å². The summed E-state index contributed by atoms with van der Waals surface area (Å²) in [6.07, 6.45) is 0. The van der Waals surface area contributed by atoms with E-state index in [2.05, 4.69) is 80.9 Å². The third kappa shape index (κ3) is 3.29. The van der Waals surface area contributed by atoms with E-state index in [1.807, 2.05) is 11.3 Å². The van der Waals surface area contributed by atoms with Gasteiger partial charge in [-0.15, -0.1) is 11.3 Å². The molecule has 0 fully saturated rings. The highest BCUT2D eigenvalue weighted by molar-refractivity contribution is 9.09. The smallest absolute Gasteiger partial charge is 0.0738 e.